The first-order valence-electron chi connectivity index (χ1n) is 5.20. The molecule has 0 radical (unpaired) electrons. The van der Waals surface area contributed by atoms with Gasteiger partial charge in [-0.05, 0) is 11.5 Å². The van der Waals surface area contributed by atoms with Crippen LogP contribution in [0.4, 0.5) is 0 Å². The van der Waals surface area contributed by atoms with Gasteiger partial charge in [0, 0.05) is 0 Å². The molecule has 1 heterocycles. The van der Waals surface area contributed by atoms with Crippen LogP contribution < -0.4 is 5.32 Å². The fourth-order valence-corrected chi connectivity index (χ4v) is 1.76. The summed E-state index contributed by atoms with van der Waals surface area (Å²) in [6.45, 7) is 5.13. The predicted octanol–water partition coefficient (Wildman–Crippen LogP) is 2.33. The Bertz CT molecular complexity index is 284. The van der Waals surface area contributed by atoms with Gasteiger partial charge in [0.1, 0.15) is 6.23 Å². The van der Waals surface area contributed by atoms with Crippen molar-refractivity contribution in [2.75, 3.05) is 6.61 Å². The summed E-state index contributed by atoms with van der Waals surface area (Å²) >= 11 is 0. The number of ether oxygens (including phenoxy) is 1. The zero-order chi connectivity index (χ0) is 9.97. The molecule has 14 heavy (non-hydrogen) atoms. The summed E-state index contributed by atoms with van der Waals surface area (Å²) in [5.41, 5.74) is 1.32. The van der Waals surface area contributed by atoms with Crippen molar-refractivity contribution >= 4 is 0 Å². The molecule has 2 rings (SSSR count). The third-order valence-corrected chi connectivity index (χ3v) is 2.62. The lowest BCUT2D eigenvalue weighted by atomic mass is 10.1. The minimum absolute atomic E-state index is 0.209. The van der Waals surface area contributed by atoms with Crippen LogP contribution in [0.2, 0.25) is 0 Å². The molecule has 0 amide bonds. The molecule has 1 aromatic carbocycles. The van der Waals surface area contributed by atoms with E-state index < -0.39 is 0 Å². The summed E-state index contributed by atoms with van der Waals surface area (Å²) < 4.78 is 5.67. The van der Waals surface area contributed by atoms with E-state index in [0.717, 1.165) is 6.61 Å². The average molecular weight is 191 g/mol. The van der Waals surface area contributed by atoms with Crippen molar-refractivity contribution in [1.29, 1.82) is 0 Å². The van der Waals surface area contributed by atoms with Gasteiger partial charge in [-0.3, -0.25) is 5.32 Å². The molecule has 1 N–H and O–H groups in total. The van der Waals surface area contributed by atoms with E-state index in [1.165, 1.54) is 5.56 Å². The third-order valence-electron chi connectivity index (χ3n) is 2.62. The molecule has 76 valence electrons. The SMILES string of the molecule is CC(C)C1N[C@H](c2ccccc2)CO1. The van der Waals surface area contributed by atoms with Gasteiger partial charge in [0.05, 0.1) is 12.6 Å². The van der Waals surface area contributed by atoms with Gasteiger partial charge in [0.25, 0.3) is 0 Å². The maximum Gasteiger partial charge on any atom is 0.111 e. The predicted molar refractivity (Wildman–Crippen MR) is 56.9 cm³/mol. The molecule has 1 aliphatic heterocycles. The molecule has 0 aliphatic carbocycles. The number of nitrogens with one attached hydrogen (secondary N) is 1. The highest BCUT2D eigenvalue weighted by Crippen LogP contribution is 2.22. The van der Waals surface area contributed by atoms with Crippen LogP contribution in [-0.2, 0) is 4.74 Å². The van der Waals surface area contributed by atoms with Crippen LogP contribution in [0.25, 0.3) is 0 Å². The first-order chi connectivity index (χ1) is 6.77. The molecule has 0 aromatic heterocycles. The summed E-state index contributed by atoms with van der Waals surface area (Å²) in [6.07, 6.45) is 0.209. The summed E-state index contributed by atoms with van der Waals surface area (Å²) in [5.74, 6) is 0.531. The van der Waals surface area contributed by atoms with Crippen LogP contribution in [0.15, 0.2) is 30.3 Å². The monoisotopic (exact) mass is 191 g/mol. The van der Waals surface area contributed by atoms with Crippen molar-refractivity contribution in [1.82, 2.24) is 5.32 Å². The molecule has 0 saturated carbocycles. The van der Waals surface area contributed by atoms with Crippen LogP contribution in [0.5, 0.6) is 0 Å². The van der Waals surface area contributed by atoms with Gasteiger partial charge < -0.3 is 4.74 Å². The third kappa shape index (κ3) is 1.97. The van der Waals surface area contributed by atoms with E-state index in [4.69, 9.17) is 4.74 Å². The van der Waals surface area contributed by atoms with Crippen LogP contribution in [-0.4, -0.2) is 12.8 Å². The topological polar surface area (TPSA) is 21.3 Å². The van der Waals surface area contributed by atoms with Crippen LogP contribution in [0.1, 0.15) is 25.5 Å². The Balaban J connectivity index is 2.03. The number of rotatable bonds is 2. The second kappa shape index (κ2) is 4.11. The molecular weight excluding hydrogens is 174 g/mol. The van der Waals surface area contributed by atoms with Crippen LogP contribution in [0.3, 0.4) is 0 Å². The van der Waals surface area contributed by atoms with Gasteiger partial charge in [-0.1, -0.05) is 44.2 Å². The molecule has 0 bridgehead atoms. The zero-order valence-corrected chi connectivity index (χ0v) is 8.73. The number of hydrogen-bond donors (Lipinski definition) is 1. The van der Waals surface area contributed by atoms with Gasteiger partial charge >= 0.3 is 0 Å². The van der Waals surface area contributed by atoms with E-state index >= 15 is 0 Å². The van der Waals surface area contributed by atoms with Gasteiger partial charge in [0.2, 0.25) is 0 Å². The Kier molecular flexibility index (Phi) is 2.85. The molecule has 0 spiro atoms. The lowest BCUT2D eigenvalue weighted by molar-refractivity contribution is 0.0644. The van der Waals surface area contributed by atoms with E-state index in [1.807, 2.05) is 6.07 Å². The second-order valence-corrected chi connectivity index (χ2v) is 4.13. The highest BCUT2D eigenvalue weighted by molar-refractivity contribution is 5.19. The molecule has 2 atom stereocenters. The summed E-state index contributed by atoms with van der Waals surface area (Å²) in [7, 11) is 0. The van der Waals surface area contributed by atoms with Gasteiger partial charge in [0.15, 0.2) is 0 Å². The maximum atomic E-state index is 5.67. The molecular formula is C12H17NO. The first kappa shape index (κ1) is 9.69. The lowest BCUT2D eigenvalue weighted by Crippen LogP contribution is -2.29. The molecule has 2 nitrogen and oxygen atoms in total. The minimum atomic E-state index is 0.209. The quantitative estimate of drug-likeness (QED) is 0.774. The standard InChI is InChI=1S/C12H17NO/c1-9(2)12-13-11(8-14-12)10-6-4-3-5-7-10/h3-7,9,11-13H,8H2,1-2H3/t11-,12?/m0/s1. The smallest absolute Gasteiger partial charge is 0.111 e. The minimum Gasteiger partial charge on any atom is -0.361 e. The molecule has 1 aromatic rings. The first-order valence-corrected chi connectivity index (χ1v) is 5.20. The molecule has 1 aliphatic rings. The average Bonchev–Trinajstić information content (AvgIpc) is 2.68. The van der Waals surface area contributed by atoms with Gasteiger partial charge in [-0.2, -0.15) is 0 Å². The van der Waals surface area contributed by atoms with E-state index in [2.05, 4.69) is 43.4 Å². The van der Waals surface area contributed by atoms with Crippen molar-refractivity contribution in [3.63, 3.8) is 0 Å². The maximum absolute atomic E-state index is 5.67. The summed E-state index contributed by atoms with van der Waals surface area (Å²) in [6, 6.07) is 10.8. The van der Waals surface area contributed by atoms with Crippen molar-refractivity contribution in [2.45, 2.75) is 26.1 Å². The highest BCUT2D eigenvalue weighted by atomic mass is 16.5. The zero-order valence-electron chi connectivity index (χ0n) is 8.73. The van der Waals surface area contributed by atoms with Crippen molar-refractivity contribution in [3.05, 3.63) is 35.9 Å². The number of benzene rings is 1. The van der Waals surface area contributed by atoms with Crippen molar-refractivity contribution < 1.29 is 4.74 Å². The summed E-state index contributed by atoms with van der Waals surface area (Å²) in [5, 5.41) is 3.48. The van der Waals surface area contributed by atoms with Gasteiger partial charge in [-0.25, -0.2) is 0 Å². The van der Waals surface area contributed by atoms with Crippen LogP contribution in [0, 0.1) is 5.92 Å². The Morgan fingerprint density at radius 2 is 2.00 bits per heavy atom. The number of hydrogen-bond acceptors (Lipinski definition) is 2. The molecule has 2 heteroatoms. The molecule has 1 fully saturated rings. The summed E-state index contributed by atoms with van der Waals surface area (Å²) in [4.78, 5) is 0. The van der Waals surface area contributed by atoms with Gasteiger partial charge in [-0.15, -0.1) is 0 Å². The molecule has 1 saturated heterocycles. The van der Waals surface area contributed by atoms with E-state index in [1.54, 1.807) is 0 Å². The van der Waals surface area contributed by atoms with E-state index in [-0.39, 0.29) is 6.23 Å². The lowest BCUT2D eigenvalue weighted by Gasteiger charge is -2.15. The molecule has 1 unspecified atom stereocenters. The van der Waals surface area contributed by atoms with E-state index in [0.29, 0.717) is 12.0 Å². The van der Waals surface area contributed by atoms with Crippen LogP contribution >= 0.6 is 0 Å². The largest absolute Gasteiger partial charge is 0.361 e. The Labute approximate surface area is 85.3 Å². The Morgan fingerprint density at radius 3 is 2.57 bits per heavy atom. The fraction of sp³-hybridized carbons (Fsp3) is 0.500. The Morgan fingerprint density at radius 1 is 1.29 bits per heavy atom. The highest BCUT2D eigenvalue weighted by Gasteiger charge is 2.27. The second-order valence-electron chi connectivity index (χ2n) is 4.13. The van der Waals surface area contributed by atoms with Crippen molar-refractivity contribution in [3.8, 4) is 0 Å². The Hall–Kier alpha value is -0.860. The van der Waals surface area contributed by atoms with Crippen molar-refractivity contribution in [2.24, 2.45) is 5.92 Å². The fourth-order valence-electron chi connectivity index (χ4n) is 1.76. The normalized spacial score (nSPS) is 27.1. The van der Waals surface area contributed by atoms with E-state index in [9.17, 15) is 0 Å².